The third-order valence-electron chi connectivity index (χ3n) is 4.62. The van der Waals surface area contributed by atoms with Crippen molar-refractivity contribution in [2.45, 2.75) is 71.6 Å². The van der Waals surface area contributed by atoms with E-state index in [0.717, 1.165) is 44.4 Å². The summed E-state index contributed by atoms with van der Waals surface area (Å²) in [5, 5.41) is 0. The van der Waals surface area contributed by atoms with E-state index in [4.69, 9.17) is 4.74 Å². The van der Waals surface area contributed by atoms with Crippen LogP contribution in [-0.4, -0.2) is 18.9 Å². The second kappa shape index (κ2) is 9.15. The van der Waals surface area contributed by atoms with E-state index in [1.54, 1.807) is 0 Å². The summed E-state index contributed by atoms with van der Waals surface area (Å²) in [6.07, 6.45) is 9.28. The van der Waals surface area contributed by atoms with Gasteiger partial charge < -0.3 is 4.74 Å². The van der Waals surface area contributed by atoms with E-state index in [0.29, 0.717) is 6.42 Å². The second-order valence-corrected chi connectivity index (χ2v) is 6.13. The normalized spacial score (nSPS) is 24.1. The fraction of sp³-hybridized carbons (Fsp3) is 0.882. The van der Waals surface area contributed by atoms with Crippen LogP contribution in [0.3, 0.4) is 0 Å². The van der Waals surface area contributed by atoms with E-state index in [-0.39, 0.29) is 17.7 Å². The molecule has 0 aromatic heterocycles. The van der Waals surface area contributed by atoms with Crippen molar-refractivity contribution in [1.29, 1.82) is 0 Å². The fourth-order valence-corrected chi connectivity index (χ4v) is 3.36. The Labute approximate surface area is 123 Å². The van der Waals surface area contributed by atoms with Gasteiger partial charge in [0.05, 0.1) is 7.11 Å². The van der Waals surface area contributed by atoms with Gasteiger partial charge in [-0.1, -0.05) is 39.5 Å². The van der Waals surface area contributed by atoms with Crippen LogP contribution in [0.5, 0.6) is 0 Å². The Balaban J connectivity index is 2.55. The Morgan fingerprint density at radius 3 is 2.25 bits per heavy atom. The number of ketones is 1. The highest BCUT2D eigenvalue weighted by atomic mass is 16.5. The number of rotatable bonds is 8. The van der Waals surface area contributed by atoms with Crippen LogP contribution in [0, 0.1) is 17.8 Å². The van der Waals surface area contributed by atoms with Gasteiger partial charge in [0, 0.05) is 5.92 Å². The fourth-order valence-electron chi connectivity index (χ4n) is 3.36. The van der Waals surface area contributed by atoms with Crippen LogP contribution in [0.15, 0.2) is 0 Å². The first-order chi connectivity index (χ1) is 9.63. The summed E-state index contributed by atoms with van der Waals surface area (Å²) < 4.78 is 4.82. The molecule has 0 amide bonds. The summed E-state index contributed by atoms with van der Waals surface area (Å²) in [7, 11) is 1.38. The summed E-state index contributed by atoms with van der Waals surface area (Å²) in [5.74, 6) is 0.160. The maximum Gasteiger partial charge on any atom is 0.316 e. The van der Waals surface area contributed by atoms with E-state index >= 15 is 0 Å². The SMILES string of the molecule is CCCCC(C(=O)OC)C(=O)C1CCC(CCC)CC1. The van der Waals surface area contributed by atoms with Crippen molar-refractivity contribution in [3.05, 3.63) is 0 Å². The van der Waals surface area contributed by atoms with Gasteiger partial charge in [-0.2, -0.15) is 0 Å². The van der Waals surface area contributed by atoms with E-state index in [1.807, 2.05) is 0 Å². The smallest absolute Gasteiger partial charge is 0.316 e. The number of hydrogen-bond donors (Lipinski definition) is 0. The maximum atomic E-state index is 12.6. The van der Waals surface area contributed by atoms with Crippen LogP contribution in [-0.2, 0) is 14.3 Å². The number of carbonyl (C=O) groups excluding carboxylic acids is 2. The van der Waals surface area contributed by atoms with E-state index in [1.165, 1.54) is 20.0 Å². The first-order valence-corrected chi connectivity index (χ1v) is 8.25. The van der Waals surface area contributed by atoms with E-state index in [9.17, 15) is 9.59 Å². The molecule has 0 spiro atoms. The highest BCUT2D eigenvalue weighted by molar-refractivity contribution is 6.00. The molecule has 1 aliphatic rings. The number of carbonyl (C=O) groups is 2. The Morgan fingerprint density at radius 1 is 1.10 bits per heavy atom. The van der Waals surface area contributed by atoms with Gasteiger partial charge in [-0.25, -0.2) is 0 Å². The average Bonchev–Trinajstić information content (AvgIpc) is 2.48. The molecule has 0 radical (unpaired) electrons. The zero-order valence-electron chi connectivity index (χ0n) is 13.3. The van der Waals surface area contributed by atoms with Crippen LogP contribution in [0.2, 0.25) is 0 Å². The molecule has 0 heterocycles. The highest BCUT2D eigenvalue weighted by Gasteiger charge is 2.34. The summed E-state index contributed by atoms with van der Waals surface area (Å²) in [6.45, 7) is 4.30. The number of methoxy groups -OCH3 is 1. The van der Waals surface area contributed by atoms with Gasteiger partial charge in [0.25, 0.3) is 0 Å². The zero-order chi connectivity index (χ0) is 15.0. The minimum absolute atomic E-state index is 0.0871. The lowest BCUT2D eigenvalue weighted by molar-refractivity contribution is -0.151. The molecule has 0 saturated heterocycles. The molecule has 0 bridgehead atoms. The third kappa shape index (κ3) is 4.92. The molecule has 0 aromatic carbocycles. The Bertz CT molecular complexity index is 303. The van der Waals surface area contributed by atoms with E-state index < -0.39 is 5.92 Å². The van der Waals surface area contributed by atoms with Crippen LogP contribution >= 0.6 is 0 Å². The molecular weight excluding hydrogens is 252 g/mol. The minimum Gasteiger partial charge on any atom is -0.468 e. The lowest BCUT2D eigenvalue weighted by atomic mass is 9.75. The van der Waals surface area contributed by atoms with Gasteiger partial charge in [0.2, 0.25) is 0 Å². The monoisotopic (exact) mass is 282 g/mol. The van der Waals surface area contributed by atoms with Crippen LogP contribution in [0.4, 0.5) is 0 Å². The molecule has 20 heavy (non-hydrogen) atoms. The molecule has 1 rings (SSSR count). The van der Waals surface area contributed by atoms with Crippen LogP contribution in [0.25, 0.3) is 0 Å². The third-order valence-corrected chi connectivity index (χ3v) is 4.62. The summed E-state index contributed by atoms with van der Waals surface area (Å²) >= 11 is 0. The van der Waals surface area contributed by atoms with Crippen LogP contribution in [0.1, 0.15) is 71.6 Å². The molecule has 1 saturated carbocycles. The van der Waals surface area contributed by atoms with Crippen molar-refractivity contribution in [2.24, 2.45) is 17.8 Å². The molecule has 0 aliphatic heterocycles. The molecule has 3 heteroatoms. The molecule has 0 aromatic rings. The Hall–Kier alpha value is -0.860. The summed E-state index contributed by atoms with van der Waals surface area (Å²) in [6, 6.07) is 0. The molecule has 116 valence electrons. The van der Waals surface area contributed by atoms with Gasteiger partial charge in [-0.05, 0) is 38.0 Å². The topological polar surface area (TPSA) is 43.4 Å². The Kier molecular flexibility index (Phi) is 7.86. The standard InChI is InChI=1S/C17H30O3/c1-4-6-8-15(17(19)20-3)16(18)14-11-9-13(7-5-2)10-12-14/h13-15H,4-12H2,1-3H3. The van der Waals surface area contributed by atoms with Crippen molar-refractivity contribution in [3.63, 3.8) is 0 Å². The largest absolute Gasteiger partial charge is 0.468 e. The van der Waals surface area contributed by atoms with Gasteiger partial charge in [-0.3, -0.25) is 9.59 Å². The second-order valence-electron chi connectivity index (χ2n) is 6.13. The number of hydrogen-bond acceptors (Lipinski definition) is 3. The average molecular weight is 282 g/mol. The summed E-state index contributed by atoms with van der Waals surface area (Å²) in [4.78, 5) is 24.4. The van der Waals surface area contributed by atoms with Gasteiger partial charge >= 0.3 is 5.97 Å². The predicted molar refractivity (Wildman–Crippen MR) is 80.4 cm³/mol. The first kappa shape index (κ1) is 17.2. The van der Waals surface area contributed by atoms with Gasteiger partial charge in [-0.15, -0.1) is 0 Å². The molecule has 1 atom stereocenters. The summed E-state index contributed by atoms with van der Waals surface area (Å²) in [5.41, 5.74) is 0. The van der Waals surface area contributed by atoms with Crippen molar-refractivity contribution in [2.75, 3.05) is 7.11 Å². The minimum atomic E-state index is -0.521. The molecule has 0 N–H and O–H groups in total. The highest BCUT2D eigenvalue weighted by Crippen LogP contribution is 2.34. The quantitative estimate of drug-likeness (QED) is 0.496. The Morgan fingerprint density at radius 2 is 1.75 bits per heavy atom. The maximum absolute atomic E-state index is 12.6. The van der Waals surface area contributed by atoms with Gasteiger partial charge in [0.1, 0.15) is 11.7 Å². The molecular formula is C17H30O3. The number of ether oxygens (including phenoxy) is 1. The van der Waals surface area contributed by atoms with Crippen molar-refractivity contribution >= 4 is 11.8 Å². The molecule has 1 aliphatic carbocycles. The number of unbranched alkanes of at least 4 members (excludes halogenated alkanes) is 1. The molecule has 3 nitrogen and oxygen atoms in total. The first-order valence-electron chi connectivity index (χ1n) is 8.25. The lowest BCUT2D eigenvalue weighted by Crippen LogP contribution is -2.33. The van der Waals surface area contributed by atoms with Crippen LogP contribution < -0.4 is 0 Å². The molecule has 1 unspecified atom stereocenters. The number of esters is 1. The predicted octanol–water partition coefficient (Wildman–Crippen LogP) is 4.14. The van der Waals surface area contributed by atoms with Gasteiger partial charge in [0.15, 0.2) is 0 Å². The van der Waals surface area contributed by atoms with Crippen molar-refractivity contribution in [1.82, 2.24) is 0 Å². The molecule has 1 fully saturated rings. The van der Waals surface area contributed by atoms with E-state index in [2.05, 4.69) is 13.8 Å². The zero-order valence-corrected chi connectivity index (χ0v) is 13.3. The van der Waals surface area contributed by atoms with Crippen molar-refractivity contribution in [3.8, 4) is 0 Å². The lowest BCUT2D eigenvalue weighted by Gasteiger charge is -2.29. The van der Waals surface area contributed by atoms with Crippen molar-refractivity contribution < 1.29 is 14.3 Å². The number of Topliss-reactive ketones (excluding diaryl/α,β-unsaturated/α-hetero) is 1.